The van der Waals surface area contributed by atoms with E-state index in [1.165, 1.54) is 0 Å². The third-order valence-corrected chi connectivity index (χ3v) is 2.16. The van der Waals surface area contributed by atoms with Crippen LogP contribution in [0.15, 0.2) is 34.8 Å². The highest BCUT2D eigenvalue weighted by molar-refractivity contribution is 9.10. The minimum Gasteiger partial charge on any atom is -0.478 e. The Morgan fingerprint density at radius 2 is 1.93 bits per heavy atom. The van der Waals surface area contributed by atoms with E-state index in [2.05, 4.69) is 15.9 Å². The molecule has 0 spiro atoms. The van der Waals surface area contributed by atoms with Crippen LogP contribution in [0.25, 0.3) is 0 Å². The van der Waals surface area contributed by atoms with E-state index >= 15 is 0 Å². The quantitative estimate of drug-likeness (QED) is 0.677. The Morgan fingerprint density at radius 3 is 2.47 bits per heavy atom. The van der Waals surface area contributed by atoms with Gasteiger partial charge in [0.1, 0.15) is 0 Å². The Balaban J connectivity index is 2.96. The number of rotatable bonds is 3. The number of hydrogen-bond donors (Lipinski definition) is 1. The minimum atomic E-state index is -1.13. The number of carboxylic acids is 1. The Kier molecular flexibility index (Phi) is 3.80. The number of halogens is 1. The topological polar surface area (TPSA) is 54.4 Å². The van der Waals surface area contributed by atoms with Crippen LogP contribution in [0.4, 0.5) is 0 Å². The van der Waals surface area contributed by atoms with Crippen LogP contribution >= 0.6 is 15.9 Å². The molecule has 15 heavy (non-hydrogen) atoms. The van der Waals surface area contributed by atoms with Crippen LogP contribution in [0.3, 0.4) is 0 Å². The molecule has 0 aliphatic heterocycles. The van der Waals surface area contributed by atoms with Crippen LogP contribution in [-0.2, 0) is 4.79 Å². The zero-order valence-corrected chi connectivity index (χ0v) is 9.61. The second kappa shape index (κ2) is 4.89. The molecule has 1 aromatic carbocycles. The first-order valence-electron chi connectivity index (χ1n) is 4.21. The summed E-state index contributed by atoms with van der Waals surface area (Å²) in [6.07, 6.45) is 1.88. The highest BCUT2D eigenvalue weighted by Crippen LogP contribution is 2.15. The van der Waals surface area contributed by atoms with Gasteiger partial charge in [-0.2, -0.15) is 0 Å². The van der Waals surface area contributed by atoms with E-state index in [4.69, 9.17) is 5.11 Å². The van der Waals surface area contributed by atoms with Crippen molar-refractivity contribution in [2.75, 3.05) is 0 Å². The van der Waals surface area contributed by atoms with Crippen molar-refractivity contribution in [2.45, 2.75) is 6.92 Å². The van der Waals surface area contributed by atoms with E-state index in [1.54, 1.807) is 12.1 Å². The number of carboxylic acid groups (broad SMARTS) is 1. The molecule has 78 valence electrons. The second-order valence-electron chi connectivity index (χ2n) is 3.05. The lowest BCUT2D eigenvalue weighted by Gasteiger charge is -1.99. The van der Waals surface area contributed by atoms with Crippen LogP contribution in [0.5, 0.6) is 0 Å². The number of allylic oxidation sites excluding steroid dienone is 1. The third kappa shape index (κ3) is 3.67. The molecule has 0 aliphatic carbocycles. The summed E-state index contributed by atoms with van der Waals surface area (Å²) in [4.78, 5) is 21.7. The second-order valence-corrected chi connectivity index (χ2v) is 3.97. The maximum absolute atomic E-state index is 11.5. The zero-order valence-electron chi connectivity index (χ0n) is 8.03. The van der Waals surface area contributed by atoms with Crippen molar-refractivity contribution in [3.8, 4) is 0 Å². The molecule has 0 saturated heterocycles. The van der Waals surface area contributed by atoms with Gasteiger partial charge in [0.05, 0.1) is 0 Å². The monoisotopic (exact) mass is 268 g/mol. The molecule has 0 aromatic heterocycles. The van der Waals surface area contributed by atoms with Crippen molar-refractivity contribution < 1.29 is 14.7 Å². The van der Waals surface area contributed by atoms with Gasteiger partial charge in [-0.15, -0.1) is 0 Å². The maximum Gasteiger partial charge on any atom is 0.328 e. The van der Waals surface area contributed by atoms with Gasteiger partial charge in [0.2, 0.25) is 0 Å². The lowest BCUT2D eigenvalue weighted by atomic mass is 10.1. The number of carbonyl (C=O) groups is 2. The minimum absolute atomic E-state index is 0.318. The highest BCUT2D eigenvalue weighted by atomic mass is 79.9. The molecule has 0 radical (unpaired) electrons. The normalized spacial score (nSPS) is 10.5. The number of benzene rings is 1. The molecule has 0 saturated carbocycles. The summed E-state index contributed by atoms with van der Waals surface area (Å²) in [6, 6.07) is 5.23. The van der Waals surface area contributed by atoms with Crippen LogP contribution in [0, 0.1) is 6.92 Å². The summed E-state index contributed by atoms with van der Waals surface area (Å²) in [7, 11) is 0. The first kappa shape index (κ1) is 11.7. The SMILES string of the molecule is Cc1cc(Br)cc(C(=O)C=CC(=O)O)c1. The first-order valence-corrected chi connectivity index (χ1v) is 5.01. The first-order chi connectivity index (χ1) is 6.99. The number of hydrogen-bond acceptors (Lipinski definition) is 2. The zero-order chi connectivity index (χ0) is 11.4. The maximum atomic E-state index is 11.5. The van der Waals surface area contributed by atoms with Gasteiger partial charge < -0.3 is 5.11 Å². The lowest BCUT2D eigenvalue weighted by Crippen LogP contribution is -1.97. The smallest absolute Gasteiger partial charge is 0.328 e. The molecular weight excluding hydrogens is 260 g/mol. The summed E-state index contributed by atoms with van der Waals surface area (Å²) in [5.74, 6) is -1.45. The molecule has 0 fully saturated rings. The van der Waals surface area contributed by atoms with Gasteiger partial charge >= 0.3 is 5.97 Å². The lowest BCUT2D eigenvalue weighted by molar-refractivity contribution is -0.131. The number of aliphatic carboxylic acids is 1. The van der Waals surface area contributed by atoms with Crippen molar-refractivity contribution >= 4 is 27.7 Å². The van der Waals surface area contributed by atoms with Crippen LogP contribution in [-0.4, -0.2) is 16.9 Å². The molecule has 0 unspecified atom stereocenters. The highest BCUT2D eigenvalue weighted by Gasteiger charge is 2.04. The van der Waals surface area contributed by atoms with E-state index in [0.29, 0.717) is 5.56 Å². The van der Waals surface area contributed by atoms with Crippen LogP contribution in [0.1, 0.15) is 15.9 Å². The largest absolute Gasteiger partial charge is 0.478 e. The van der Waals surface area contributed by atoms with Crippen LogP contribution < -0.4 is 0 Å². The predicted octanol–water partition coefficient (Wildman–Crippen LogP) is 2.58. The molecule has 1 rings (SSSR count). The number of ketones is 1. The van der Waals surface area contributed by atoms with Gasteiger partial charge in [-0.05, 0) is 36.8 Å². The number of aryl methyl sites for hydroxylation is 1. The Morgan fingerprint density at radius 1 is 1.27 bits per heavy atom. The van der Waals surface area contributed by atoms with E-state index < -0.39 is 5.97 Å². The fourth-order valence-electron chi connectivity index (χ4n) is 1.12. The Hall–Kier alpha value is -1.42. The Labute approximate surface area is 95.6 Å². The van der Waals surface area contributed by atoms with E-state index in [-0.39, 0.29) is 5.78 Å². The molecule has 0 heterocycles. The molecular formula is C11H9BrO3. The third-order valence-electron chi connectivity index (χ3n) is 1.70. The number of carbonyl (C=O) groups excluding carboxylic acids is 1. The van der Waals surface area contributed by atoms with Gasteiger partial charge in [0.15, 0.2) is 5.78 Å². The van der Waals surface area contributed by atoms with Gasteiger partial charge in [0.25, 0.3) is 0 Å². The van der Waals surface area contributed by atoms with Gasteiger partial charge in [-0.25, -0.2) is 4.79 Å². The summed E-state index contributed by atoms with van der Waals surface area (Å²) < 4.78 is 0.801. The fourth-order valence-corrected chi connectivity index (χ4v) is 1.73. The fraction of sp³-hybridized carbons (Fsp3) is 0.0909. The average Bonchev–Trinajstić information content (AvgIpc) is 2.12. The van der Waals surface area contributed by atoms with Crippen molar-refractivity contribution in [3.05, 3.63) is 46.0 Å². The molecule has 1 aromatic rings. The Bertz CT molecular complexity index is 415. The molecule has 4 heteroatoms. The summed E-state index contributed by atoms with van der Waals surface area (Å²) in [5.41, 5.74) is 1.41. The summed E-state index contributed by atoms with van der Waals surface area (Å²) in [6.45, 7) is 1.86. The molecule has 0 amide bonds. The van der Waals surface area contributed by atoms with Crippen molar-refractivity contribution in [2.24, 2.45) is 0 Å². The van der Waals surface area contributed by atoms with Crippen molar-refractivity contribution in [1.29, 1.82) is 0 Å². The van der Waals surface area contributed by atoms with E-state index in [1.807, 2.05) is 13.0 Å². The van der Waals surface area contributed by atoms with Crippen molar-refractivity contribution in [3.63, 3.8) is 0 Å². The average molecular weight is 269 g/mol. The molecule has 1 N–H and O–H groups in total. The predicted molar refractivity (Wildman–Crippen MR) is 60.0 cm³/mol. The summed E-state index contributed by atoms with van der Waals surface area (Å²) >= 11 is 3.27. The van der Waals surface area contributed by atoms with Crippen LogP contribution in [0.2, 0.25) is 0 Å². The van der Waals surface area contributed by atoms with Gasteiger partial charge in [0, 0.05) is 16.1 Å². The molecule has 3 nitrogen and oxygen atoms in total. The molecule has 0 bridgehead atoms. The van der Waals surface area contributed by atoms with Crippen molar-refractivity contribution in [1.82, 2.24) is 0 Å². The van der Waals surface area contributed by atoms with E-state index in [9.17, 15) is 9.59 Å². The summed E-state index contributed by atoms with van der Waals surface area (Å²) in [5, 5.41) is 8.37. The van der Waals surface area contributed by atoms with E-state index in [0.717, 1.165) is 22.2 Å². The molecule has 0 atom stereocenters. The molecule has 0 aliphatic rings. The van der Waals surface area contributed by atoms with Gasteiger partial charge in [-0.1, -0.05) is 15.9 Å². The standard InChI is InChI=1S/C11H9BrO3/c1-7-4-8(6-9(12)5-7)10(13)2-3-11(14)15/h2-6H,1H3,(H,14,15). The van der Waals surface area contributed by atoms with Gasteiger partial charge in [-0.3, -0.25) is 4.79 Å².